The molecule has 0 aliphatic heterocycles. The second-order valence-electron chi connectivity index (χ2n) is 0.167. The molecular formula is CH4CsN2Pb. The molecule has 0 heterocycles. The molecule has 0 unspecified atom stereocenters. The molecule has 0 aliphatic rings. The van der Waals surface area contributed by atoms with Gasteiger partial charge in [0.05, 0.1) is 6.34 Å². The molecule has 0 rings (SSSR count). The van der Waals surface area contributed by atoms with Gasteiger partial charge in [-0.05, 0) is 0 Å². The predicted molar refractivity (Wildman–Crippen MR) is 24.5 cm³/mol. The van der Waals surface area contributed by atoms with Crippen LogP contribution in [-0.4, -0.2) is 103 Å². The zero-order chi connectivity index (χ0) is 2.71. The molecule has 0 spiro atoms. The molecule has 0 amide bonds. The number of nitrogens with two attached hydrogens (primary N) is 1. The largest absolute Gasteiger partial charge is 0.390 e. The summed E-state index contributed by atoms with van der Waals surface area (Å²) in [7, 11) is 0. The van der Waals surface area contributed by atoms with E-state index in [0.29, 0.717) is 0 Å². The Balaban J connectivity index is -0.0000000200. The summed E-state index contributed by atoms with van der Waals surface area (Å²) in [5.41, 5.74) is 4.39. The fourth-order valence-electron chi connectivity index (χ4n) is 0. The summed E-state index contributed by atoms with van der Waals surface area (Å²) < 4.78 is 0. The van der Waals surface area contributed by atoms with Gasteiger partial charge in [-0.15, -0.1) is 0 Å². The fraction of sp³-hybridized carbons (Fsp3) is 0. The van der Waals surface area contributed by atoms with Gasteiger partial charge in [-0.25, -0.2) is 0 Å². The minimum atomic E-state index is 0. The molecule has 0 aromatic rings. The van der Waals surface area contributed by atoms with Crippen molar-refractivity contribution >= 4 is 103 Å². The van der Waals surface area contributed by atoms with E-state index in [9.17, 15) is 0 Å². The average Bonchev–Trinajstić information content (AvgIpc) is 0.918. The minimum Gasteiger partial charge on any atom is -0.390 e. The molecule has 0 bridgehead atoms. The van der Waals surface area contributed by atoms with E-state index in [1.807, 2.05) is 0 Å². The topological polar surface area (TPSA) is 49.9 Å². The van der Waals surface area contributed by atoms with Gasteiger partial charge in [0.2, 0.25) is 0 Å². The first kappa shape index (κ1) is 15.7. The Hall–Kier alpha value is 2.44. The molecule has 0 saturated heterocycles. The van der Waals surface area contributed by atoms with Crippen LogP contribution in [0.2, 0.25) is 0 Å². The third-order valence-electron chi connectivity index (χ3n) is 0. The molecule has 0 aromatic heterocycles. The summed E-state index contributed by atoms with van der Waals surface area (Å²) in [6, 6.07) is 0. The van der Waals surface area contributed by atoms with Crippen molar-refractivity contribution < 1.29 is 0 Å². The average molecular weight is 384 g/mol. The summed E-state index contributed by atoms with van der Waals surface area (Å²) >= 11 is 0. The Morgan fingerprint density at radius 3 is 1.60 bits per heavy atom. The zero-order valence-corrected chi connectivity index (χ0v) is 13.3. The van der Waals surface area contributed by atoms with E-state index >= 15 is 0 Å². The van der Waals surface area contributed by atoms with Crippen LogP contribution in [0.3, 0.4) is 0 Å². The third kappa shape index (κ3) is 21.3. The summed E-state index contributed by atoms with van der Waals surface area (Å²) in [6.07, 6.45) is 0.750. The van der Waals surface area contributed by atoms with E-state index in [1.165, 1.54) is 0 Å². The molecule has 2 nitrogen and oxygen atoms in total. The van der Waals surface area contributed by atoms with Crippen molar-refractivity contribution in [3.05, 3.63) is 0 Å². The van der Waals surface area contributed by atoms with Gasteiger partial charge in [-0.3, -0.25) is 5.41 Å². The maximum Gasteiger partial charge on any atom is 0.0765 e. The van der Waals surface area contributed by atoms with E-state index in [-0.39, 0.29) is 96.2 Å². The van der Waals surface area contributed by atoms with Gasteiger partial charge in [-0.1, -0.05) is 0 Å². The van der Waals surface area contributed by atoms with E-state index in [4.69, 9.17) is 5.41 Å². The molecule has 0 fully saturated rings. The van der Waals surface area contributed by atoms with E-state index in [2.05, 4.69) is 5.73 Å². The van der Waals surface area contributed by atoms with E-state index in [0.717, 1.165) is 6.34 Å². The molecular weight excluding hydrogens is 380 g/mol. The maximum atomic E-state index is 5.86. The Bertz CT molecular complexity index is 17.1. The predicted octanol–water partition coefficient (Wildman–Crippen LogP) is -1.21. The SMILES string of the molecule is N=CN.[Cs].[Pb]. The van der Waals surface area contributed by atoms with Gasteiger partial charge in [0.15, 0.2) is 0 Å². The molecule has 0 atom stereocenters. The second kappa shape index (κ2) is 16.1. The Morgan fingerprint density at radius 1 is 1.60 bits per heavy atom. The fourth-order valence-corrected chi connectivity index (χ4v) is 0. The Morgan fingerprint density at radius 2 is 1.60 bits per heavy atom. The summed E-state index contributed by atoms with van der Waals surface area (Å²) in [6.45, 7) is 0. The van der Waals surface area contributed by atoms with Gasteiger partial charge in [0.1, 0.15) is 0 Å². The zero-order valence-electron chi connectivity index (χ0n) is 3.15. The van der Waals surface area contributed by atoms with E-state index in [1.54, 1.807) is 0 Å². The first-order chi connectivity index (χ1) is 1.41. The normalized spacial score (nSPS) is 2.40. The van der Waals surface area contributed by atoms with Crippen LogP contribution < -0.4 is 5.73 Å². The van der Waals surface area contributed by atoms with Crippen LogP contribution >= 0.6 is 0 Å². The first-order valence-corrected chi connectivity index (χ1v) is 0.622. The molecule has 5 heavy (non-hydrogen) atoms. The molecule has 4 heteroatoms. The first-order valence-electron chi connectivity index (χ1n) is 0.622. The van der Waals surface area contributed by atoms with Crippen molar-refractivity contribution in [3.8, 4) is 0 Å². The van der Waals surface area contributed by atoms with Crippen LogP contribution in [0, 0.1) is 5.41 Å². The molecule has 0 aliphatic carbocycles. The molecule has 23 valence electrons. The quantitative estimate of drug-likeness (QED) is 0.308. The van der Waals surface area contributed by atoms with Gasteiger partial charge < -0.3 is 5.73 Å². The smallest absolute Gasteiger partial charge is 0.0765 e. The van der Waals surface area contributed by atoms with Crippen LogP contribution in [0.15, 0.2) is 0 Å². The third-order valence-corrected chi connectivity index (χ3v) is 0. The van der Waals surface area contributed by atoms with Crippen molar-refractivity contribution in [2.45, 2.75) is 0 Å². The van der Waals surface area contributed by atoms with Crippen molar-refractivity contribution in [2.75, 3.05) is 0 Å². The van der Waals surface area contributed by atoms with Gasteiger partial charge in [0, 0.05) is 96.2 Å². The molecule has 0 saturated carbocycles. The molecule has 3 N–H and O–H groups in total. The summed E-state index contributed by atoms with van der Waals surface area (Å²) in [4.78, 5) is 0. The van der Waals surface area contributed by atoms with Crippen LogP contribution in [0.5, 0.6) is 0 Å². The van der Waals surface area contributed by atoms with Crippen LogP contribution in [0.4, 0.5) is 0 Å². The number of hydrogen-bond donors (Lipinski definition) is 2. The summed E-state index contributed by atoms with van der Waals surface area (Å²) in [5, 5.41) is 5.86. The standard InChI is InChI=1S/CH4N2.Cs.Pb/c2-1-3;;/h1H,(H3,2,3);;. The van der Waals surface area contributed by atoms with Gasteiger partial charge in [0.25, 0.3) is 0 Å². The molecule has 5 radical (unpaired) electrons. The number of nitrogens with one attached hydrogen (secondary N) is 1. The van der Waals surface area contributed by atoms with Crippen molar-refractivity contribution in [1.82, 2.24) is 0 Å². The second-order valence-corrected chi connectivity index (χ2v) is 0.167. The Labute approximate surface area is 110 Å². The van der Waals surface area contributed by atoms with E-state index < -0.39 is 0 Å². The monoisotopic (exact) mass is 385 g/mol. The molecule has 0 aromatic carbocycles. The minimum absolute atomic E-state index is 0. The summed E-state index contributed by atoms with van der Waals surface area (Å²) in [5.74, 6) is 0. The Kier molecular flexibility index (Phi) is 50.4. The van der Waals surface area contributed by atoms with Crippen molar-refractivity contribution in [2.24, 2.45) is 5.73 Å². The van der Waals surface area contributed by atoms with Crippen LogP contribution in [0.25, 0.3) is 0 Å². The van der Waals surface area contributed by atoms with Gasteiger partial charge in [-0.2, -0.15) is 0 Å². The van der Waals surface area contributed by atoms with Crippen LogP contribution in [-0.2, 0) is 0 Å². The number of hydrogen-bond acceptors (Lipinski definition) is 1. The van der Waals surface area contributed by atoms with Gasteiger partial charge >= 0.3 is 0 Å². The maximum absolute atomic E-state index is 5.86. The van der Waals surface area contributed by atoms with Crippen molar-refractivity contribution in [1.29, 1.82) is 5.41 Å². The number of rotatable bonds is 0. The van der Waals surface area contributed by atoms with Crippen LogP contribution in [0.1, 0.15) is 0 Å². The van der Waals surface area contributed by atoms with Crippen molar-refractivity contribution in [3.63, 3.8) is 0 Å².